The molecule has 0 bridgehead atoms. The third-order valence-corrected chi connectivity index (χ3v) is 3.40. The fourth-order valence-electron chi connectivity index (χ4n) is 1.78. The number of furan rings is 1. The monoisotopic (exact) mass is 377 g/mol. The Kier molecular flexibility index (Phi) is 4.77. The van der Waals surface area contributed by atoms with E-state index in [1.807, 2.05) is 12.1 Å². The van der Waals surface area contributed by atoms with E-state index in [1.165, 1.54) is 6.26 Å². The van der Waals surface area contributed by atoms with Gasteiger partial charge in [-0.05, 0) is 36.4 Å². The van der Waals surface area contributed by atoms with Crippen LogP contribution in [-0.4, -0.2) is 17.7 Å². The molecule has 7 heteroatoms. The van der Waals surface area contributed by atoms with E-state index in [9.17, 15) is 4.79 Å². The Morgan fingerprint density at radius 1 is 1.17 bits per heavy atom. The van der Waals surface area contributed by atoms with Gasteiger partial charge in [0.05, 0.1) is 6.26 Å². The predicted molar refractivity (Wildman–Crippen MR) is 83.6 cm³/mol. The highest BCUT2D eigenvalue weighted by Crippen LogP contribution is 2.21. The van der Waals surface area contributed by atoms with Crippen molar-refractivity contribution in [2.45, 2.75) is 6.61 Å². The number of aromatic nitrogens is 1. The Morgan fingerprint density at radius 2 is 2.00 bits per heavy atom. The molecule has 3 rings (SSSR count). The molecule has 0 aliphatic carbocycles. The number of esters is 1. The van der Waals surface area contributed by atoms with E-state index in [0.717, 1.165) is 4.47 Å². The third-order valence-electron chi connectivity index (χ3n) is 2.87. The Morgan fingerprint density at radius 3 is 2.74 bits per heavy atom. The summed E-state index contributed by atoms with van der Waals surface area (Å²) < 4.78 is 21.6. The van der Waals surface area contributed by atoms with Crippen LogP contribution in [0, 0.1) is 0 Å². The molecule has 0 fully saturated rings. The highest BCUT2D eigenvalue weighted by atomic mass is 79.9. The lowest BCUT2D eigenvalue weighted by Crippen LogP contribution is -2.14. The van der Waals surface area contributed by atoms with Gasteiger partial charge in [0.15, 0.2) is 12.4 Å². The molecule has 0 amide bonds. The van der Waals surface area contributed by atoms with Crippen LogP contribution < -0.4 is 4.74 Å². The third kappa shape index (κ3) is 4.23. The number of halogens is 1. The largest absolute Gasteiger partial charge is 0.482 e. The van der Waals surface area contributed by atoms with Crippen molar-refractivity contribution >= 4 is 21.9 Å². The smallest absolute Gasteiger partial charge is 0.344 e. The fraction of sp³-hybridized carbons (Fsp3) is 0.125. The average molecular weight is 378 g/mol. The van der Waals surface area contributed by atoms with Crippen LogP contribution in [0.4, 0.5) is 0 Å². The summed E-state index contributed by atoms with van der Waals surface area (Å²) in [6.45, 7) is -0.169. The van der Waals surface area contributed by atoms with Crippen molar-refractivity contribution in [3.63, 3.8) is 0 Å². The van der Waals surface area contributed by atoms with E-state index in [0.29, 0.717) is 23.0 Å². The first kappa shape index (κ1) is 15.4. The summed E-state index contributed by atoms with van der Waals surface area (Å²) in [7, 11) is 0. The minimum Gasteiger partial charge on any atom is -0.482 e. The summed E-state index contributed by atoms with van der Waals surface area (Å²) in [6.07, 6.45) is 1.54. The summed E-state index contributed by atoms with van der Waals surface area (Å²) in [5.41, 5.74) is 0.494. The zero-order valence-corrected chi connectivity index (χ0v) is 13.5. The molecular formula is C16H12BrNO5. The lowest BCUT2D eigenvalue weighted by Gasteiger charge is -2.05. The van der Waals surface area contributed by atoms with Crippen molar-refractivity contribution in [2.24, 2.45) is 0 Å². The second-order valence-electron chi connectivity index (χ2n) is 4.56. The van der Waals surface area contributed by atoms with Crippen LogP contribution in [-0.2, 0) is 16.1 Å². The molecule has 118 valence electrons. The molecule has 0 aliphatic heterocycles. The highest BCUT2D eigenvalue weighted by molar-refractivity contribution is 9.10. The lowest BCUT2D eigenvalue weighted by atomic mass is 10.3. The first-order valence-electron chi connectivity index (χ1n) is 6.74. The zero-order valence-electron chi connectivity index (χ0n) is 11.9. The van der Waals surface area contributed by atoms with Crippen molar-refractivity contribution in [2.75, 3.05) is 6.61 Å². The van der Waals surface area contributed by atoms with Gasteiger partial charge in [0.1, 0.15) is 18.1 Å². The Labute approximate surface area is 140 Å². The first-order valence-corrected chi connectivity index (χ1v) is 7.53. The second kappa shape index (κ2) is 7.15. The Hall–Kier alpha value is -2.54. The van der Waals surface area contributed by atoms with E-state index in [2.05, 4.69) is 21.1 Å². The average Bonchev–Trinajstić information content (AvgIpc) is 3.23. The van der Waals surface area contributed by atoms with Crippen LogP contribution in [0.25, 0.3) is 11.5 Å². The highest BCUT2D eigenvalue weighted by Gasteiger charge is 2.11. The van der Waals surface area contributed by atoms with Crippen molar-refractivity contribution < 1.29 is 23.2 Å². The number of benzene rings is 1. The van der Waals surface area contributed by atoms with E-state index in [4.69, 9.17) is 18.4 Å². The Bertz CT molecular complexity index is 764. The molecule has 0 atom stereocenters. The number of carbonyl (C=O) groups excluding carboxylic acids is 1. The molecule has 0 aliphatic rings. The standard InChI is InChI=1S/C16H12BrNO5/c17-11-3-5-13(6-4-11)21-10-16(19)22-9-12-8-15(23-18-12)14-2-1-7-20-14/h1-8H,9-10H2. The fourth-order valence-corrected chi connectivity index (χ4v) is 2.05. The van der Waals surface area contributed by atoms with Gasteiger partial charge in [0.2, 0.25) is 5.76 Å². The SMILES string of the molecule is O=C(COc1ccc(Br)cc1)OCc1cc(-c2ccco2)on1. The second-order valence-corrected chi connectivity index (χ2v) is 5.48. The van der Waals surface area contributed by atoms with Gasteiger partial charge < -0.3 is 18.4 Å². The van der Waals surface area contributed by atoms with Crippen LogP contribution in [0.2, 0.25) is 0 Å². The first-order chi connectivity index (χ1) is 11.2. The molecule has 0 saturated heterocycles. The molecule has 1 aromatic carbocycles. The van der Waals surface area contributed by atoms with Crippen LogP contribution >= 0.6 is 15.9 Å². The number of hydrogen-bond donors (Lipinski definition) is 0. The molecular weight excluding hydrogens is 366 g/mol. The summed E-state index contributed by atoms with van der Waals surface area (Å²) in [5.74, 6) is 1.14. The Balaban J connectivity index is 1.46. The number of nitrogens with zero attached hydrogens (tertiary/aromatic N) is 1. The topological polar surface area (TPSA) is 74.7 Å². The molecule has 0 saturated carbocycles. The van der Waals surface area contributed by atoms with Crippen molar-refractivity contribution in [1.82, 2.24) is 5.16 Å². The van der Waals surface area contributed by atoms with Gasteiger partial charge in [0, 0.05) is 10.5 Å². The van der Waals surface area contributed by atoms with Crippen LogP contribution in [0.5, 0.6) is 5.75 Å². The molecule has 0 spiro atoms. The molecule has 2 aromatic heterocycles. The van der Waals surface area contributed by atoms with Gasteiger partial charge in [-0.15, -0.1) is 0 Å². The lowest BCUT2D eigenvalue weighted by molar-refractivity contribution is -0.147. The minimum absolute atomic E-state index is 0.00669. The van der Waals surface area contributed by atoms with Gasteiger partial charge >= 0.3 is 5.97 Å². The molecule has 0 N–H and O–H groups in total. The molecule has 6 nitrogen and oxygen atoms in total. The van der Waals surface area contributed by atoms with E-state index >= 15 is 0 Å². The van der Waals surface area contributed by atoms with E-state index < -0.39 is 5.97 Å². The van der Waals surface area contributed by atoms with Gasteiger partial charge in [-0.25, -0.2) is 4.79 Å². The van der Waals surface area contributed by atoms with Crippen molar-refractivity contribution in [3.05, 3.63) is 58.9 Å². The molecule has 0 radical (unpaired) electrons. The zero-order chi connectivity index (χ0) is 16.1. The summed E-state index contributed by atoms with van der Waals surface area (Å²) >= 11 is 3.32. The van der Waals surface area contributed by atoms with Gasteiger partial charge in [-0.2, -0.15) is 0 Å². The van der Waals surface area contributed by atoms with Crippen LogP contribution in [0.15, 0.2) is 62.1 Å². The molecule has 3 aromatic rings. The van der Waals surface area contributed by atoms with Crippen LogP contribution in [0.1, 0.15) is 5.69 Å². The maximum absolute atomic E-state index is 11.7. The van der Waals surface area contributed by atoms with E-state index in [-0.39, 0.29) is 13.2 Å². The maximum Gasteiger partial charge on any atom is 0.344 e. The minimum atomic E-state index is -0.490. The van der Waals surface area contributed by atoms with Gasteiger partial charge in [-0.3, -0.25) is 0 Å². The van der Waals surface area contributed by atoms with Gasteiger partial charge in [0.25, 0.3) is 0 Å². The van der Waals surface area contributed by atoms with E-state index in [1.54, 1.807) is 30.3 Å². The predicted octanol–water partition coefficient (Wildman–Crippen LogP) is 3.82. The molecule has 2 heterocycles. The number of carbonyl (C=O) groups is 1. The summed E-state index contributed by atoms with van der Waals surface area (Å²) in [5, 5.41) is 3.81. The maximum atomic E-state index is 11.7. The summed E-state index contributed by atoms with van der Waals surface area (Å²) in [4.78, 5) is 11.7. The summed E-state index contributed by atoms with van der Waals surface area (Å²) in [6, 6.07) is 12.3. The van der Waals surface area contributed by atoms with Gasteiger partial charge in [-0.1, -0.05) is 21.1 Å². The number of hydrogen-bond acceptors (Lipinski definition) is 6. The molecule has 23 heavy (non-hydrogen) atoms. The van der Waals surface area contributed by atoms with Crippen molar-refractivity contribution in [1.29, 1.82) is 0 Å². The quantitative estimate of drug-likeness (QED) is 0.607. The normalized spacial score (nSPS) is 10.5. The van der Waals surface area contributed by atoms with Crippen molar-refractivity contribution in [3.8, 4) is 17.3 Å². The molecule has 0 unspecified atom stereocenters. The number of ether oxygens (including phenoxy) is 2. The number of rotatable bonds is 6. The van der Waals surface area contributed by atoms with Crippen LogP contribution in [0.3, 0.4) is 0 Å².